The summed E-state index contributed by atoms with van der Waals surface area (Å²) in [6, 6.07) is 7.75. The summed E-state index contributed by atoms with van der Waals surface area (Å²) in [6.45, 7) is 2.99. The molecule has 30 heavy (non-hydrogen) atoms. The number of nitrogens with one attached hydrogen (secondary N) is 2. The minimum atomic E-state index is -0.302. The van der Waals surface area contributed by atoms with Gasteiger partial charge in [0.2, 0.25) is 5.91 Å². The Bertz CT molecular complexity index is 910. The Kier molecular flexibility index (Phi) is 6.44. The summed E-state index contributed by atoms with van der Waals surface area (Å²) in [5, 5.41) is 10.3. The van der Waals surface area contributed by atoms with Gasteiger partial charge in [-0.25, -0.2) is 0 Å². The van der Waals surface area contributed by atoms with Crippen molar-refractivity contribution in [3.63, 3.8) is 0 Å². The van der Waals surface area contributed by atoms with Crippen LogP contribution in [0.15, 0.2) is 30.5 Å². The van der Waals surface area contributed by atoms with Crippen molar-refractivity contribution in [2.45, 2.75) is 38.5 Å². The molecule has 4 rings (SSSR count). The van der Waals surface area contributed by atoms with Crippen LogP contribution in [-0.2, 0) is 33.8 Å². The minimum absolute atomic E-state index is 0.0377. The molecule has 0 radical (unpaired) electrons. The van der Waals surface area contributed by atoms with Crippen molar-refractivity contribution < 1.29 is 19.1 Å². The van der Waals surface area contributed by atoms with E-state index in [1.807, 2.05) is 28.9 Å². The Morgan fingerprint density at radius 3 is 3.17 bits per heavy atom. The molecule has 1 aromatic heterocycles. The molecule has 1 fully saturated rings. The molecule has 2 N–H and O–H groups in total. The number of carbonyl (C=O) groups excluding carboxylic acids is 2. The number of methoxy groups -OCH3 is 1. The third-order valence-corrected chi connectivity index (χ3v) is 5.75. The first kappa shape index (κ1) is 20.6. The van der Waals surface area contributed by atoms with E-state index in [1.165, 1.54) is 0 Å². The van der Waals surface area contributed by atoms with Crippen molar-refractivity contribution >= 4 is 11.8 Å². The van der Waals surface area contributed by atoms with E-state index in [4.69, 9.17) is 9.47 Å². The van der Waals surface area contributed by atoms with E-state index in [1.54, 1.807) is 13.3 Å². The number of hydrogen-bond acceptors (Lipinski definition) is 5. The zero-order valence-electron chi connectivity index (χ0n) is 17.2. The number of amides is 2. The molecule has 1 aromatic carbocycles. The van der Waals surface area contributed by atoms with Gasteiger partial charge in [-0.15, -0.1) is 0 Å². The SMILES string of the molecule is COCCCn1nccc1[C@H]1OCC[C@@H]1C(=O)NCc1ccc2c(c1)C(=O)NCC2. The van der Waals surface area contributed by atoms with Crippen LogP contribution in [0.1, 0.15) is 46.1 Å². The Hall–Kier alpha value is -2.71. The van der Waals surface area contributed by atoms with Gasteiger partial charge in [0.05, 0.1) is 11.6 Å². The van der Waals surface area contributed by atoms with Gasteiger partial charge in [-0.1, -0.05) is 12.1 Å². The first-order valence-corrected chi connectivity index (χ1v) is 10.5. The van der Waals surface area contributed by atoms with Gasteiger partial charge in [-0.05, 0) is 42.5 Å². The molecule has 0 aliphatic carbocycles. The molecule has 0 unspecified atom stereocenters. The summed E-state index contributed by atoms with van der Waals surface area (Å²) in [6.07, 6.45) is 3.81. The predicted octanol–water partition coefficient (Wildman–Crippen LogP) is 1.60. The third kappa shape index (κ3) is 4.39. The normalized spacial score (nSPS) is 20.6. The molecule has 160 valence electrons. The molecule has 8 nitrogen and oxygen atoms in total. The molecule has 2 amide bonds. The average molecular weight is 412 g/mol. The van der Waals surface area contributed by atoms with Crippen LogP contribution in [0, 0.1) is 5.92 Å². The quantitative estimate of drug-likeness (QED) is 0.643. The van der Waals surface area contributed by atoms with Gasteiger partial charge >= 0.3 is 0 Å². The smallest absolute Gasteiger partial charge is 0.251 e. The number of ether oxygens (including phenoxy) is 2. The van der Waals surface area contributed by atoms with Crippen LogP contribution in [0.2, 0.25) is 0 Å². The van der Waals surface area contributed by atoms with E-state index >= 15 is 0 Å². The van der Waals surface area contributed by atoms with Gasteiger partial charge in [0, 0.05) is 51.7 Å². The standard InChI is InChI=1S/C22H28N4O4/c1-29-11-2-10-26-19(6-9-25-26)20-17(7-12-30-20)21(27)24-14-15-3-4-16-5-8-23-22(28)18(16)13-15/h3-4,6,9,13,17,20H,2,5,7-8,10-12,14H2,1H3,(H,23,28)(H,24,27)/t17-,20-/m0/s1. The number of aryl methyl sites for hydroxylation is 1. The molecular weight excluding hydrogens is 384 g/mol. The lowest BCUT2D eigenvalue weighted by molar-refractivity contribution is -0.127. The minimum Gasteiger partial charge on any atom is -0.385 e. The van der Waals surface area contributed by atoms with Crippen LogP contribution >= 0.6 is 0 Å². The van der Waals surface area contributed by atoms with Crippen LogP contribution < -0.4 is 10.6 Å². The third-order valence-electron chi connectivity index (χ3n) is 5.75. The second-order valence-electron chi connectivity index (χ2n) is 7.73. The molecule has 2 aliphatic heterocycles. The van der Waals surface area contributed by atoms with Crippen molar-refractivity contribution in [2.75, 3.05) is 26.9 Å². The molecule has 3 heterocycles. The van der Waals surface area contributed by atoms with Gasteiger partial charge < -0.3 is 20.1 Å². The molecule has 0 saturated carbocycles. The van der Waals surface area contributed by atoms with Crippen molar-refractivity contribution in [3.8, 4) is 0 Å². The summed E-state index contributed by atoms with van der Waals surface area (Å²) in [7, 11) is 1.68. The van der Waals surface area contributed by atoms with Crippen LogP contribution in [0.5, 0.6) is 0 Å². The molecule has 0 bridgehead atoms. The van der Waals surface area contributed by atoms with E-state index < -0.39 is 0 Å². The second kappa shape index (κ2) is 9.40. The largest absolute Gasteiger partial charge is 0.385 e. The molecule has 8 heteroatoms. The van der Waals surface area contributed by atoms with Gasteiger partial charge in [-0.3, -0.25) is 14.3 Å². The number of benzene rings is 1. The lowest BCUT2D eigenvalue weighted by Crippen LogP contribution is -2.33. The highest BCUT2D eigenvalue weighted by molar-refractivity contribution is 5.96. The molecule has 0 spiro atoms. The van der Waals surface area contributed by atoms with Crippen molar-refractivity contribution in [1.29, 1.82) is 0 Å². The zero-order valence-corrected chi connectivity index (χ0v) is 17.2. The van der Waals surface area contributed by atoms with E-state index in [2.05, 4.69) is 15.7 Å². The summed E-state index contributed by atoms with van der Waals surface area (Å²) in [5.74, 6) is -0.344. The Labute approximate surface area is 175 Å². The van der Waals surface area contributed by atoms with Gasteiger partial charge in [0.25, 0.3) is 5.91 Å². The van der Waals surface area contributed by atoms with E-state index in [9.17, 15) is 9.59 Å². The zero-order chi connectivity index (χ0) is 20.9. The fraction of sp³-hybridized carbons (Fsp3) is 0.500. The molecule has 2 aliphatic rings. The van der Waals surface area contributed by atoms with E-state index in [0.717, 1.165) is 36.2 Å². The van der Waals surface area contributed by atoms with Crippen LogP contribution in [0.3, 0.4) is 0 Å². The number of carbonyl (C=O) groups is 2. The number of aromatic nitrogens is 2. The Morgan fingerprint density at radius 2 is 2.30 bits per heavy atom. The van der Waals surface area contributed by atoms with Crippen LogP contribution in [-0.4, -0.2) is 48.5 Å². The predicted molar refractivity (Wildman–Crippen MR) is 110 cm³/mol. The average Bonchev–Trinajstić information content (AvgIpc) is 3.42. The fourth-order valence-electron chi connectivity index (χ4n) is 4.17. The summed E-state index contributed by atoms with van der Waals surface area (Å²) >= 11 is 0. The lowest BCUT2D eigenvalue weighted by atomic mass is 9.96. The molecular formula is C22H28N4O4. The number of nitrogens with zero attached hydrogens (tertiary/aromatic N) is 2. The first-order valence-electron chi connectivity index (χ1n) is 10.5. The van der Waals surface area contributed by atoms with Gasteiger partial charge in [0.1, 0.15) is 6.10 Å². The van der Waals surface area contributed by atoms with E-state index in [0.29, 0.717) is 38.3 Å². The highest BCUT2D eigenvalue weighted by Gasteiger charge is 2.37. The van der Waals surface area contributed by atoms with Crippen molar-refractivity contribution in [1.82, 2.24) is 20.4 Å². The summed E-state index contributed by atoms with van der Waals surface area (Å²) in [4.78, 5) is 25.0. The van der Waals surface area contributed by atoms with E-state index in [-0.39, 0.29) is 23.8 Å². The number of fused-ring (bicyclic) bond motifs is 1. The summed E-state index contributed by atoms with van der Waals surface area (Å²) < 4.78 is 12.9. The fourth-order valence-corrected chi connectivity index (χ4v) is 4.17. The first-order chi connectivity index (χ1) is 14.7. The van der Waals surface area contributed by atoms with Crippen LogP contribution in [0.4, 0.5) is 0 Å². The summed E-state index contributed by atoms with van der Waals surface area (Å²) in [5.41, 5.74) is 3.60. The maximum atomic E-state index is 12.9. The second-order valence-corrected chi connectivity index (χ2v) is 7.73. The number of hydrogen-bond donors (Lipinski definition) is 2. The lowest BCUT2D eigenvalue weighted by Gasteiger charge is -2.20. The highest BCUT2D eigenvalue weighted by Crippen LogP contribution is 2.34. The van der Waals surface area contributed by atoms with Gasteiger partial charge in [-0.2, -0.15) is 5.10 Å². The van der Waals surface area contributed by atoms with Crippen molar-refractivity contribution in [3.05, 3.63) is 52.8 Å². The number of rotatable bonds is 8. The van der Waals surface area contributed by atoms with Crippen LogP contribution in [0.25, 0.3) is 0 Å². The maximum Gasteiger partial charge on any atom is 0.251 e. The molecule has 2 atom stereocenters. The topological polar surface area (TPSA) is 94.5 Å². The van der Waals surface area contributed by atoms with Crippen molar-refractivity contribution in [2.24, 2.45) is 5.92 Å². The molecule has 1 saturated heterocycles. The van der Waals surface area contributed by atoms with Gasteiger partial charge in [0.15, 0.2) is 0 Å². The highest BCUT2D eigenvalue weighted by atomic mass is 16.5. The Balaban J connectivity index is 1.39. The molecule has 2 aromatic rings. The Morgan fingerprint density at radius 1 is 1.40 bits per heavy atom. The maximum absolute atomic E-state index is 12.9. The monoisotopic (exact) mass is 412 g/mol.